The summed E-state index contributed by atoms with van der Waals surface area (Å²) < 4.78 is 3.28. The SMILES string of the molecule is CCc1cc(Br)ccc1NCc1cncn1CC. The Morgan fingerprint density at radius 2 is 2.17 bits per heavy atom. The van der Waals surface area contributed by atoms with E-state index in [9.17, 15) is 0 Å². The Bertz CT molecular complexity index is 520. The molecule has 0 spiro atoms. The number of halogens is 1. The molecule has 0 aliphatic carbocycles. The van der Waals surface area contributed by atoms with Crippen molar-refractivity contribution in [3.05, 3.63) is 46.5 Å². The number of aryl methyl sites for hydroxylation is 2. The number of aromatic nitrogens is 2. The Kier molecular flexibility index (Phi) is 4.42. The second-order valence-corrected chi connectivity index (χ2v) is 5.10. The third-order valence-electron chi connectivity index (χ3n) is 3.05. The highest BCUT2D eigenvalue weighted by atomic mass is 79.9. The lowest BCUT2D eigenvalue weighted by Crippen LogP contribution is -2.07. The van der Waals surface area contributed by atoms with Gasteiger partial charge in [-0.1, -0.05) is 22.9 Å². The Morgan fingerprint density at radius 3 is 2.89 bits per heavy atom. The van der Waals surface area contributed by atoms with Crippen LogP contribution in [0.15, 0.2) is 35.2 Å². The lowest BCUT2D eigenvalue weighted by molar-refractivity contribution is 0.719. The zero-order valence-corrected chi connectivity index (χ0v) is 12.4. The fourth-order valence-corrected chi connectivity index (χ4v) is 2.40. The van der Waals surface area contributed by atoms with Crippen molar-refractivity contribution >= 4 is 21.6 Å². The van der Waals surface area contributed by atoms with Crippen molar-refractivity contribution in [2.75, 3.05) is 5.32 Å². The fourth-order valence-electron chi connectivity index (χ4n) is 1.99. The van der Waals surface area contributed by atoms with Gasteiger partial charge in [0.2, 0.25) is 0 Å². The van der Waals surface area contributed by atoms with Crippen LogP contribution in [-0.2, 0) is 19.5 Å². The average Bonchev–Trinajstić information content (AvgIpc) is 2.84. The molecule has 0 amide bonds. The van der Waals surface area contributed by atoms with E-state index in [1.54, 1.807) is 0 Å². The third kappa shape index (κ3) is 2.93. The van der Waals surface area contributed by atoms with Crippen LogP contribution in [0, 0.1) is 0 Å². The van der Waals surface area contributed by atoms with E-state index >= 15 is 0 Å². The topological polar surface area (TPSA) is 29.9 Å². The van der Waals surface area contributed by atoms with Gasteiger partial charge in [-0.2, -0.15) is 0 Å². The molecule has 2 rings (SSSR count). The van der Waals surface area contributed by atoms with Gasteiger partial charge in [-0.25, -0.2) is 4.98 Å². The zero-order valence-electron chi connectivity index (χ0n) is 10.8. The number of nitrogens with zero attached hydrogens (tertiary/aromatic N) is 2. The Balaban J connectivity index is 2.10. The van der Waals surface area contributed by atoms with E-state index in [0.29, 0.717) is 0 Å². The summed E-state index contributed by atoms with van der Waals surface area (Å²) in [5, 5.41) is 3.49. The number of nitrogens with one attached hydrogen (secondary N) is 1. The van der Waals surface area contributed by atoms with Gasteiger partial charge in [0.05, 0.1) is 18.6 Å². The lowest BCUT2D eigenvalue weighted by atomic mass is 10.1. The quantitative estimate of drug-likeness (QED) is 0.909. The van der Waals surface area contributed by atoms with Gasteiger partial charge in [-0.3, -0.25) is 0 Å². The van der Waals surface area contributed by atoms with Gasteiger partial charge < -0.3 is 9.88 Å². The molecular formula is C14H18BrN3. The van der Waals surface area contributed by atoms with E-state index in [4.69, 9.17) is 0 Å². The molecule has 0 aliphatic heterocycles. The first-order valence-corrected chi connectivity index (χ1v) is 7.05. The Morgan fingerprint density at radius 1 is 1.33 bits per heavy atom. The molecule has 0 fully saturated rings. The highest BCUT2D eigenvalue weighted by molar-refractivity contribution is 9.10. The van der Waals surface area contributed by atoms with Crippen molar-refractivity contribution in [3.8, 4) is 0 Å². The van der Waals surface area contributed by atoms with Crippen LogP contribution in [0.4, 0.5) is 5.69 Å². The Labute approximate surface area is 116 Å². The van der Waals surface area contributed by atoms with Gasteiger partial charge in [0.15, 0.2) is 0 Å². The molecule has 96 valence electrons. The standard InChI is InChI=1S/C14H18BrN3/c1-3-11-7-12(15)5-6-14(11)17-9-13-8-16-10-18(13)4-2/h5-8,10,17H,3-4,9H2,1-2H3. The maximum Gasteiger partial charge on any atom is 0.0948 e. The molecule has 1 aromatic heterocycles. The predicted octanol–water partition coefficient (Wildman–Crippen LogP) is 3.84. The summed E-state index contributed by atoms with van der Waals surface area (Å²) in [5.74, 6) is 0. The van der Waals surface area contributed by atoms with Crippen LogP contribution in [-0.4, -0.2) is 9.55 Å². The first-order valence-electron chi connectivity index (χ1n) is 6.25. The van der Waals surface area contributed by atoms with Gasteiger partial charge in [-0.15, -0.1) is 0 Å². The van der Waals surface area contributed by atoms with Gasteiger partial charge in [0.1, 0.15) is 0 Å². The summed E-state index contributed by atoms with van der Waals surface area (Å²) in [6.45, 7) is 6.06. The van der Waals surface area contributed by atoms with Gasteiger partial charge in [0.25, 0.3) is 0 Å². The lowest BCUT2D eigenvalue weighted by Gasteiger charge is -2.12. The summed E-state index contributed by atoms with van der Waals surface area (Å²) in [6, 6.07) is 6.35. The van der Waals surface area contributed by atoms with Gasteiger partial charge >= 0.3 is 0 Å². The molecule has 0 saturated carbocycles. The molecule has 3 nitrogen and oxygen atoms in total. The van der Waals surface area contributed by atoms with Crippen LogP contribution in [0.1, 0.15) is 25.1 Å². The molecular weight excluding hydrogens is 290 g/mol. The normalized spacial score (nSPS) is 10.6. The molecule has 4 heteroatoms. The minimum atomic E-state index is 0.808. The van der Waals surface area contributed by atoms with E-state index in [-0.39, 0.29) is 0 Å². The van der Waals surface area contributed by atoms with Crippen molar-refractivity contribution in [1.82, 2.24) is 9.55 Å². The molecule has 1 heterocycles. The molecule has 1 N–H and O–H groups in total. The number of rotatable bonds is 5. The van der Waals surface area contributed by atoms with Crippen molar-refractivity contribution < 1.29 is 0 Å². The molecule has 0 bridgehead atoms. The molecule has 0 unspecified atom stereocenters. The van der Waals surface area contributed by atoms with Crippen molar-refractivity contribution in [2.45, 2.75) is 33.4 Å². The summed E-state index contributed by atoms with van der Waals surface area (Å²) in [4.78, 5) is 4.18. The van der Waals surface area contributed by atoms with E-state index in [1.165, 1.54) is 16.9 Å². The maximum atomic E-state index is 4.18. The van der Waals surface area contributed by atoms with E-state index in [0.717, 1.165) is 24.0 Å². The van der Waals surface area contributed by atoms with Gasteiger partial charge in [0, 0.05) is 22.9 Å². The first kappa shape index (κ1) is 13.1. The van der Waals surface area contributed by atoms with Crippen molar-refractivity contribution in [1.29, 1.82) is 0 Å². The van der Waals surface area contributed by atoms with Crippen LogP contribution >= 0.6 is 15.9 Å². The molecule has 1 aromatic carbocycles. The number of hydrogen-bond acceptors (Lipinski definition) is 2. The first-order chi connectivity index (χ1) is 8.74. The van der Waals surface area contributed by atoms with Crippen LogP contribution in [0.25, 0.3) is 0 Å². The second-order valence-electron chi connectivity index (χ2n) is 4.18. The summed E-state index contributed by atoms with van der Waals surface area (Å²) in [6.07, 6.45) is 4.81. The number of imidazole rings is 1. The van der Waals surface area contributed by atoms with Crippen molar-refractivity contribution in [3.63, 3.8) is 0 Å². The third-order valence-corrected chi connectivity index (χ3v) is 3.54. The Hall–Kier alpha value is -1.29. The molecule has 0 saturated heterocycles. The van der Waals surface area contributed by atoms with Crippen molar-refractivity contribution in [2.24, 2.45) is 0 Å². The average molecular weight is 308 g/mol. The minimum Gasteiger partial charge on any atom is -0.379 e. The molecule has 18 heavy (non-hydrogen) atoms. The van der Waals surface area contributed by atoms with Crippen LogP contribution in [0.5, 0.6) is 0 Å². The minimum absolute atomic E-state index is 0.808. The molecule has 0 radical (unpaired) electrons. The second kappa shape index (κ2) is 6.05. The molecule has 0 aliphatic rings. The summed E-state index contributed by atoms with van der Waals surface area (Å²) in [5.41, 5.74) is 3.74. The number of anilines is 1. The monoisotopic (exact) mass is 307 g/mol. The van der Waals surface area contributed by atoms with Crippen LogP contribution in [0.3, 0.4) is 0 Å². The number of benzene rings is 1. The number of hydrogen-bond donors (Lipinski definition) is 1. The van der Waals surface area contributed by atoms with E-state index in [2.05, 4.69) is 62.8 Å². The van der Waals surface area contributed by atoms with Crippen LogP contribution in [0.2, 0.25) is 0 Å². The largest absolute Gasteiger partial charge is 0.379 e. The van der Waals surface area contributed by atoms with Gasteiger partial charge in [-0.05, 0) is 37.1 Å². The summed E-state index contributed by atoms with van der Waals surface area (Å²) >= 11 is 3.51. The van der Waals surface area contributed by atoms with Crippen LogP contribution < -0.4 is 5.32 Å². The maximum absolute atomic E-state index is 4.18. The smallest absolute Gasteiger partial charge is 0.0948 e. The predicted molar refractivity (Wildman–Crippen MR) is 78.7 cm³/mol. The highest BCUT2D eigenvalue weighted by Crippen LogP contribution is 2.22. The van der Waals surface area contributed by atoms with E-state index < -0.39 is 0 Å². The fraction of sp³-hybridized carbons (Fsp3) is 0.357. The van der Waals surface area contributed by atoms with E-state index in [1.807, 2.05) is 12.5 Å². The summed E-state index contributed by atoms with van der Waals surface area (Å²) in [7, 11) is 0. The molecule has 0 atom stereocenters. The zero-order chi connectivity index (χ0) is 13.0. The molecule has 2 aromatic rings. The highest BCUT2D eigenvalue weighted by Gasteiger charge is 2.04.